The maximum atomic E-state index is 10.9. The van der Waals surface area contributed by atoms with Gasteiger partial charge in [0.2, 0.25) is 0 Å². The van der Waals surface area contributed by atoms with E-state index in [1.54, 1.807) is 0 Å². The van der Waals surface area contributed by atoms with Crippen LogP contribution in [0.3, 0.4) is 0 Å². The van der Waals surface area contributed by atoms with Gasteiger partial charge in [-0.15, -0.1) is 0 Å². The Bertz CT molecular complexity index is 300. The molecule has 0 amide bonds. The summed E-state index contributed by atoms with van der Waals surface area (Å²) in [6.07, 6.45) is 3.50. The third-order valence-corrected chi connectivity index (χ3v) is 3.06. The van der Waals surface area contributed by atoms with E-state index in [4.69, 9.17) is 0 Å². The number of aldehydes is 1. The van der Waals surface area contributed by atoms with Gasteiger partial charge in [-0.1, -0.05) is 28.1 Å². The molecule has 1 aliphatic carbocycles. The molecule has 0 N–H and O–H groups in total. The van der Waals surface area contributed by atoms with Crippen molar-refractivity contribution in [2.24, 2.45) is 5.92 Å². The summed E-state index contributed by atoms with van der Waals surface area (Å²) in [5.74, 6) is 0.742. The van der Waals surface area contributed by atoms with Crippen LogP contribution in [0.4, 0.5) is 0 Å². The zero-order valence-electron chi connectivity index (χ0n) is 7.24. The number of benzene rings is 1. The molecular formula is C11H11BrO. The number of hydrogen-bond donors (Lipinski definition) is 0. The SMILES string of the molecule is O=CC(c1ccc(Br)cc1)C1CC1. The van der Waals surface area contributed by atoms with E-state index in [0.29, 0.717) is 5.92 Å². The molecule has 1 unspecified atom stereocenters. The van der Waals surface area contributed by atoms with Crippen molar-refractivity contribution in [2.75, 3.05) is 0 Å². The predicted octanol–water partition coefficient (Wildman–Crippen LogP) is 3.14. The minimum Gasteiger partial charge on any atom is -0.303 e. The van der Waals surface area contributed by atoms with Gasteiger partial charge in [-0.25, -0.2) is 0 Å². The van der Waals surface area contributed by atoms with Gasteiger partial charge in [-0.05, 0) is 36.5 Å². The second-order valence-electron chi connectivity index (χ2n) is 3.55. The quantitative estimate of drug-likeness (QED) is 0.740. The lowest BCUT2D eigenvalue weighted by atomic mass is 9.96. The van der Waals surface area contributed by atoms with E-state index in [0.717, 1.165) is 16.3 Å². The molecule has 0 spiro atoms. The molecule has 1 nitrogen and oxygen atoms in total. The van der Waals surface area contributed by atoms with Crippen LogP contribution in [0.15, 0.2) is 28.7 Å². The monoisotopic (exact) mass is 238 g/mol. The molecule has 1 saturated carbocycles. The molecule has 0 saturated heterocycles. The lowest BCUT2D eigenvalue weighted by Gasteiger charge is -2.08. The number of carbonyl (C=O) groups is 1. The lowest BCUT2D eigenvalue weighted by Crippen LogP contribution is -2.01. The van der Waals surface area contributed by atoms with Gasteiger partial charge in [-0.2, -0.15) is 0 Å². The number of rotatable bonds is 3. The topological polar surface area (TPSA) is 17.1 Å². The van der Waals surface area contributed by atoms with Crippen molar-refractivity contribution in [1.82, 2.24) is 0 Å². The van der Waals surface area contributed by atoms with Gasteiger partial charge in [0, 0.05) is 10.4 Å². The van der Waals surface area contributed by atoms with Crippen LogP contribution in [-0.4, -0.2) is 6.29 Å². The Morgan fingerprint density at radius 2 is 1.92 bits per heavy atom. The molecule has 2 rings (SSSR count). The van der Waals surface area contributed by atoms with Crippen molar-refractivity contribution in [3.8, 4) is 0 Å². The molecular weight excluding hydrogens is 228 g/mol. The number of carbonyl (C=O) groups excluding carboxylic acids is 1. The highest BCUT2D eigenvalue weighted by Gasteiger charge is 2.31. The second kappa shape index (κ2) is 3.62. The first kappa shape index (κ1) is 8.95. The minimum absolute atomic E-state index is 0.132. The highest BCUT2D eigenvalue weighted by atomic mass is 79.9. The smallest absolute Gasteiger partial charge is 0.127 e. The van der Waals surface area contributed by atoms with E-state index in [1.807, 2.05) is 24.3 Å². The molecule has 0 aliphatic heterocycles. The summed E-state index contributed by atoms with van der Waals surface area (Å²) in [7, 11) is 0. The third-order valence-electron chi connectivity index (χ3n) is 2.53. The van der Waals surface area contributed by atoms with Crippen molar-refractivity contribution in [3.63, 3.8) is 0 Å². The van der Waals surface area contributed by atoms with E-state index in [1.165, 1.54) is 12.8 Å². The van der Waals surface area contributed by atoms with E-state index in [9.17, 15) is 4.79 Å². The Morgan fingerprint density at radius 3 is 2.38 bits per heavy atom. The fraction of sp³-hybridized carbons (Fsp3) is 0.364. The molecule has 1 aliphatic rings. The van der Waals surface area contributed by atoms with Crippen molar-refractivity contribution in [3.05, 3.63) is 34.3 Å². The average Bonchev–Trinajstić information content (AvgIpc) is 2.93. The summed E-state index contributed by atoms with van der Waals surface area (Å²) in [4.78, 5) is 10.9. The number of halogens is 1. The van der Waals surface area contributed by atoms with Gasteiger partial charge in [0.05, 0.1) is 0 Å². The van der Waals surface area contributed by atoms with Crippen LogP contribution >= 0.6 is 15.9 Å². The molecule has 1 aromatic rings. The first-order valence-corrected chi connectivity index (χ1v) is 5.31. The lowest BCUT2D eigenvalue weighted by molar-refractivity contribution is -0.109. The normalized spacial score (nSPS) is 18.2. The summed E-state index contributed by atoms with van der Waals surface area (Å²) in [6, 6.07) is 8.05. The zero-order valence-corrected chi connectivity index (χ0v) is 8.83. The summed E-state index contributed by atoms with van der Waals surface area (Å²) < 4.78 is 1.07. The first-order chi connectivity index (χ1) is 6.31. The molecule has 0 aromatic heterocycles. The Kier molecular flexibility index (Phi) is 2.49. The number of hydrogen-bond acceptors (Lipinski definition) is 1. The summed E-state index contributed by atoms with van der Waals surface area (Å²) in [6.45, 7) is 0. The van der Waals surface area contributed by atoms with Crippen LogP contribution < -0.4 is 0 Å². The predicted molar refractivity (Wildman–Crippen MR) is 55.7 cm³/mol. The molecule has 1 atom stereocenters. The van der Waals surface area contributed by atoms with Gasteiger partial charge in [0.1, 0.15) is 6.29 Å². The van der Waals surface area contributed by atoms with Crippen LogP contribution in [0.2, 0.25) is 0 Å². The molecule has 0 bridgehead atoms. The van der Waals surface area contributed by atoms with Crippen LogP contribution in [0.25, 0.3) is 0 Å². The fourth-order valence-corrected chi connectivity index (χ4v) is 1.87. The molecule has 1 aromatic carbocycles. The molecule has 68 valence electrons. The van der Waals surface area contributed by atoms with E-state index >= 15 is 0 Å². The first-order valence-electron chi connectivity index (χ1n) is 4.52. The van der Waals surface area contributed by atoms with Crippen molar-refractivity contribution >= 4 is 22.2 Å². The fourth-order valence-electron chi connectivity index (χ4n) is 1.60. The molecule has 0 heterocycles. The summed E-state index contributed by atoms with van der Waals surface area (Å²) in [5, 5.41) is 0. The Hall–Kier alpha value is -0.630. The Morgan fingerprint density at radius 1 is 1.31 bits per heavy atom. The Balaban J connectivity index is 2.21. The van der Waals surface area contributed by atoms with Crippen molar-refractivity contribution in [1.29, 1.82) is 0 Å². The molecule has 13 heavy (non-hydrogen) atoms. The summed E-state index contributed by atoms with van der Waals surface area (Å²) >= 11 is 3.38. The molecule has 0 radical (unpaired) electrons. The largest absolute Gasteiger partial charge is 0.303 e. The van der Waals surface area contributed by atoms with Gasteiger partial charge in [-0.3, -0.25) is 0 Å². The maximum absolute atomic E-state index is 10.9. The maximum Gasteiger partial charge on any atom is 0.127 e. The van der Waals surface area contributed by atoms with Crippen molar-refractivity contribution in [2.45, 2.75) is 18.8 Å². The summed E-state index contributed by atoms with van der Waals surface area (Å²) in [5.41, 5.74) is 1.15. The Labute approximate surface area is 86.3 Å². The molecule has 2 heteroatoms. The van der Waals surface area contributed by atoms with Gasteiger partial charge in [0.25, 0.3) is 0 Å². The van der Waals surface area contributed by atoms with Crippen LogP contribution in [0.5, 0.6) is 0 Å². The zero-order chi connectivity index (χ0) is 9.26. The standard InChI is InChI=1S/C11H11BrO/c12-10-5-3-9(4-6-10)11(7-13)8-1-2-8/h3-8,11H,1-2H2. The van der Waals surface area contributed by atoms with Crippen molar-refractivity contribution < 1.29 is 4.79 Å². The minimum atomic E-state index is 0.132. The van der Waals surface area contributed by atoms with Gasteiger partial charge < -0.3 is 4.79 Å². The van der Waals surface area contributed by atoms with Crippen LogP contribution in [0.1, 0.15) is 24.3 Å². The van der Waals surface area contributed by atoms with E-state index in [-0.39, 0.29) is 5.92 Å². The highest BCUT2D eigenvalue weighted by Crippen LogP contribution is 2.41. The van der Waals surface area contributed by atoms with Crippen LogP contribution in [0, 0.1) is 5.92 Å². The average molecular weight is 239 g/mol. The van der Waals surface area contributed by atoms with E-state index in [2.05, 4.69) is 15.9 Å². The second-order valence-corrected chi connectivity index (χ2v) is 4.47. The molecule has 1 fully saturated rings. The van der Waals surface area contributed by atoms with E-state index < -0.39 is 0 Å². The highest BCUT2D eigenvalue weighted by molar-refractivity contribution is 9.10. The van der Waals surface area contributed by atoms with Gasteiger partial charge >= 0.3 is 0 Å². The van der Waals surface area contributed by atoms with Crippen LogP contribution in [-0.2, 0) is 4.79 Å². The van der Waals surface area contributed by atoms with Gasteiger partial charge in [0.15, 0.2) is 0 Å². The third kappa shape index (κ3) is 1.99.